The van der Waals surface area contributed by atoms with Gasteiger partial charge < -0.3 is 15.3 Å². The number of halogens is 1. The Hall–Kier alpha value is -3.31. The predicted octanol–water partition coefficient (Wildman–Crippen LogP) is 7.68. The maximum absolute atomic E-state index is 13.0. The largest absolute Gasteiger partial charge is 0.481 e. The van der Waals surface area contributed by atoms with E-state index in [9.17, 15) is 14.7 Å². The summed E-state index contributed by atoms with van der Waals surface area (Å²) in [6.45, 7) is 0.891. The molecule has 3 aromatic rings. The maximum atomic E-state index is 13.0. The summed E-state index contributed by atoms with van der Waals surface area (Å²) < 4.78 is 0. The number of carboxylic acid groups (broad SMARTS) is 1. The second-order valence-electron chi connectivity index (χ2n) is 10.7. The van der Waals surface area contributed by atoms with E-state index in [-0.39, 0.29) is 18.5 Å². The van der Waals surface area contributed by atoms with Crippen LogP contribution >= 0.6 is 11.6 Å². The minimum Gasteiger partial charge on any atom is -0.481 e. The van der Waals surface area contributed by atoms with Crippen LogP contribution in [0.3, 0.4) is 0 Å². The molecular weight excluding hydrogens is 496 g/mol. The lowest BCUT2D eigenvalue weighted by Gasteiger charge is -2.32. The number of carbonyl (C=O) groups is 2. The van der Waals surface area contributed by atoms with Gasteiger partial charge in [0.15, 0.2) is 0 Å². The third kappa shape index (κ3) is 6.21. The van der Waals surface area contributed by atoms with Crippen molar-refractivity contribution >= 4 is 29.2 Å². The molecule has 1 unspecified atom stereocenters. The van der Waals surface area contributed by atoms with Gasteiger partial charge in [0.05, 0.1) is 12.0 Å². The summed E-state index contributed by atoms with van der Waals surface area (Å²) in [5.74, 6) is -0.843. The topological polar surface area (TPSA) is 69.6 Å². The second kappa shape index (κ2) is 12.0. The van der Waals surface area contributed by atoms with Crippen molar-refractivity contribution in [3.63, 3.8) is 0 Å². The lowest BCUT2D eigenvalue weighted by molar-refractivity contribution is -0.143. The van der Waals surface area contributed by atoms with Gasteiger partial charge in [-0.3, -0.25) is 9.59 Å². The van der Waals surface area contributed by atoms with Crippen LogP contribution in [0.25, 0.3) is 11.1 Å². The van der Waals surface area contributed by atoms with Gasteiger partial charge in [0.2, 0.25) is 0 Å². The van der Waals surface area contributed by atoms with Crippen molar-refractivity contribution in [1.82, 2.24) is 4.90 Å². The highest BCUT2D eigenvalue weighted by Crippen LogP contribution is 2.37. The Labute approximate surface area is 229 Å². The molecule has 2 fully saturated rings. The van der Waals surface area contributed by atoms with Crippen LogP contribution in [0.4, 0.5) is 5.69 Å². The van der Waals surface area contributed by atoms with Crippen LogP contribution in [-0.4, -0.2) is 35.0 Å². The average molecular weight is 531 g/mol. The van der Waals surface area contributed by atoms with Crippen molar-refractivity contribution in [2.75, 3.05) is 18.4 Å². The molecule has 38 heavy (non-hydrogen) atoms. The Morgan fingerprint density at radius 3 is 2.08 bits per heavy atom. The zero-order chi connectivity index (χ0) is 26.5. The molecule has 1 saturated heterocycles. The summed E-state index contributed by atoms with van der Waals surface area (Å²) in [7, 11) is 0. The smallest absolute Gasteiger partial charge is 0.308 e. The normalized spacial score (nSPS) is 19.1. The van der Waals surface area contributed by atoms with Crippen LogP contribution in [0.1, 0.15) is 66.9 Å². The molecule has 1 aliphatic heterocycles. The van der Waals surface area contributed by atoms with Gasteiger partial charge in [-0.2, -0.15) is 0 Å². The van der Waals surface area contributed by atoms with Gasteiger partial charge in [-0.15, -0.1) is 0 Å². The first kappa shape index (κ1) is 26.3. The zero-order valence-electron chi connectivity index (χ0n) is 21.6. The minimum absolute atomic E-state index is 0.0934. The molecule has 6 heteroatoms. The maximum Gasteiger partial charge on any atom is 0.308 e. The molecule has 198 valence electrons. The molecule has 2 N–H and O–H groups in total. The van der Waals surface area contributed by atoms with Crippen molar-refractivity contribution < 1.29 is 14.7 Å². The standard InChI is InChI=1S/C32H35ClN2O3/c33-28-16-12-23(13-17-28)22-8-10-25(11-9-22)30(24-5-2-1-3-6-24)34-29-18-14-26(15-19-29)31(36)35-20-4-7-27(21-35)32(37)38/h8-19,24,27,30,34H,1-7,20-21H2,(H,37,38)/t27-,30?/m1/s1. The number of benzene rings is 3. The van der Waals surface area contributed by atoms with E-state index >= 15 is 0 Å². The van der Waals surface area contributed by atoms with Gasteiger partial charge in [0.25, 0.3) is 5.91 Å². The van der Waals surface area contributed by atoms with Crippen LogP contribution in [0.5, 0.6) is 0 Å². The Morgan fingerprint density at radius 1 is 0.816 bits per heavy atom. The number of nitrogens with zero attached hydrogens (tertiary/aromatic N) is 1. The third-order valence-electron chi connectivity index (χ3n) is 8.08. The molecule has 0 spiro atoms. The van der Waals surface area contributed by atoms with E-state index in [1.54, 1.807) is 4.90 Å². The molecule has 0 bridgehead atoms. The SMILES string of the molecule is O=C(O)[C@@H]1CCCN(C(=O)c2ccc(NC(c3ccc(-c4ccc(Cl)cc4)cc3)C3CCCCC3)cc2)C1. The molecule has 1 heterocycles. The van der Waals surface area contributed by atoms with Gasteiger partial charge in [-0.05, 0) is 84.7 Å². The van der Waals surface area contributed by atoms with E-state index in [4.69, 9.17) is 11.6 Å². The van der Waals surface area contributed by atoms with Crippen LogP contribution in [0.2, 0.25) is 5.02 Å². The molecule has 0 aromatic heterocycles. The number of carboxylic acids is 1. The first-order chi connectivity index (χ1) is 18.5. The number of rotatable bonds is 7. The molecule has 5 nitrogen and oxygen atoms in total. The minimum atomic E-state index is -0.822. The Morgan fingerprint density at radius 2 is 1.45 bits per heavy atom. The van der Waals surface area contributed by atoms with Crippen molar-refractivity contribution in [2.45, 2.75) is 51.0 Å². The highest BCUT2D eigenvalue weighted by molar-refractivity contribution is 6.30. The Bertz CT molecular complexity index is 1240. The first-order valence-corrected chi connectivity index (χ1v) is 14.1. The average Bonchev–Trinajstić information content (AvgIpc) is 2.97. The van der Waals surface area contributed by atoms with E-state index in [2.05, 4.69) is 29.6 Å². The number of likely N-dealkylation sites (tertiary alicyclic amines) is 1. The summed E-state index contributed by atoms with van der Waals surface area (Å²) in [6, 6.07) is 24.6. The predicted molar refractivity (Wildman–Crippen MR) is 153 cm³/mol. The number of amides is 1. The quantitative estimate of drug-likeness (QED) is 0.328. The van der Waals surface area contributed by atoms with Crippen LogP contribution in [-0.2, 0) is 4.79 Å². The monoisotopic (exact) mass is 530 g/mol. The highest BCUT2D eigenvalue weighted by Gasteiger charge is 2.29. The molecule has 2 atom stereocenters. The van der Waals surface area contributed by atoms with Gasteiger partial charge >= 0.3 is 5.97 Å². The molecule has 1 aliphatic carbocycles. The fourth-order valence-corrected chi connectivity index (χ4v) is 6.03. The van der Waals surface area contributed by atoms with Gasteiger partial charge in [-0.1, -0.05) is 67.3 Å². The Balaban J connectivity index is 1.31. The fraction of sp³-hybridized carbons (Fsp3) is 0.375. The molecule has 2 aliphatic rings. The number of anilines is 1. The Kier molecular flexibility index (Phi) is 8.33. The van der Waals surface area contributed by atoms with Gasteiger partial charge in [0, 0.05) is 29.4 Å². The molecule has 1 amide bonds. The number of carbonyl (C=O) groups excluding carboxylic acids is 1. The molecule has 5 rings (SSSR count). The van der Waals surface area contributed by atoms with Crippen LogP contribution in [0, 0.1) is 11.8 Å². The van der Waals surface area contributed by atoms with Crippen molar-refractivity contribution in [1.29, 1.82) is 0 Å². The lowest BCUT2D eigenvalue weighted by atomic mass is 9.80. The van der Waals surface area contributed by atoms with Crippen LogP contribution < -0.4 is 5.32 Å². The summed E-state index contributed by atoms with van der Waals surface area (Å²) in [5, 5.41) is 13.9. The van der Waals surface area contributed by atoms with E-state index in [1.807, 2.05) is 48.5 Å². The van der Waals surface area contributed by atoms with E-state index < -0.39 is 11.9 Å². The molecular formula is C32H35ClN2O3. The number of hydrogen-bond acceptors (Lipinski definition) is 3. The molecule has 1 saturated carbocycles. The second-order valence-corrected chi connectivity index (χ2v) is 11.1. The molecule has 0 radical (unpaired) electrons. The van der Waals surface area contributed by atoms with Crippen molar-refractivity contribution in [2.24, 2.45) is 11.8 Å². The zero-order valence-corrected chi connectivity index (χ0v) is 22.4. The summed E-state index contributed by atoms with van der Waals surface area (Å²) >= 11 is 6.06. The third-order valence-corrected chi connectivity index (χ3v) is 8.33. The van der Waals surface area contributed by atoms with Crippen LogP contribution in [0.15, 0.2) is 72.8 Å². The number of nitrogens with one attached hydrogen (secondary N) is 1. The van der Waals surface area contributed by atoms with Crippen molar-refractivity contribution in [3.05, 3.63) is 88.9 Å². The van der Waals surface area contributed by atoms with E-state index in [0.29, 0.717) is 24.4 Å². The van der Waals surface area contributed by atoms with Gasteiger partial charge in [0.1, 0.15) is 0 Å². The summed E-state index contributed by atoms with van der Waals surface area (Å²) in [6.07, 6.45) is 7.57. The summed E-state index contributed by atoms with van der Waals surface area (Å²) in [4.78, 5) is 26.1. The summed E-state index contributed by atoms with van der Waals surface area (Å²) in [5.41, 5.74) is 5.16. The van der Waals surface area contributed by atoms with Crippen molar-refractivity contribution in [3.8, 4) is 11.1 Å². The fourth-order valence-electron chi connectivity index (χ4n) is 5.90. The highest BCUT2D eigenvalue weighted by atomic mass is 35.5. The number of aliphatic carboxylic acids is 1. The first-order valence-electron chi connectivity index (χ1n) is 13.7. The molecule has 3 aromatic carbocycles. The number of hydrogen-bond donors (Lipinski definition) is 2. The van der Waals surface area contributed by atoms with Gasteiger partial charge in [-0.25, -0.2) is 0 Å². The lowest BCUT2D eigenvalue weighted by Crippen LogP contribution is -2.42. The van der Waals surface area contributed by atoms with E-state index in [0.717, 1.165) is 22.7 Å². The number of piperidine rings is 1. The van der Waals surface area contributed by atoms with E-state index in [1.165, 1.54) is 43.2 Å².